The van der Waals surface area contributed by atoms with Crippen LogP contribution >= 0.6 is 0 Å². The molecule has 4 heteroatoms. The number of pyridine rings is 1. The minimum Gasteiger partial charge on any atom is -0.338 e. The number of nitrogens with zero attached hydrogens (tertiary/aromatic N) is 3. The Kier molecular flexibility index (Phi) is 3.74. The van der Waals surface area contributed by atoms with E-state index in [2.05, 4.69) is 23.7 Å². The van der Waals surface area contributed by atoms with E-state index in [0.717, 1.165) is 32.7 Å². The first-order valence-electron chi connectivity index (χ1n) is 7.53. The van der Waals surface area contributed by atoms with E-state index in [9.17, 15) is 4.79 Å². The molecular weight excluding hydrogens is 250 g/mol. The number of likely N-dealkylation sites (tertiary alicyclic amines) is 2. The topological polar surface area (TPSA) is 36.4 Å². The van der Waals surface area contributed by atoms with Crippen LogP contribution in [0.2, 0.25) is 0 Å². The molecule has 20 heavy (non-hydrogen) atoms. The molecule has 2 saturated heterocycles. The van der Waals surface area contributed by atoms with Gasteiger partial charge in [-0.15, -0.1) is 0 Å². The molecule has 0 radical (unpaired) electrons. The zero-order valence-corrected chi connectivity index (χ0v) is 12.3. The number of fused-ring (bicyclic) bond motifs is 1. The molecule has 0 bridgehead atoms. The van der Waals surface area contributed by atoms with E-state index in [1.807, 2.05) is 17.0 Å². The first-order chi connectivity index (χ1) is 9.63. The summed E-state index contributed by atoms with van der Waals surface area (Å²) >= 11 is 0. The Morgan fingerprint density at radius 2 is 2.00 bits per heavy atom. The van der Waals surface area contributed by atoms with Gasteiger partial charge in [-0.2, -0.15) is 0 Å². The highest BCUT2D eigenvalue weighted by Crippen LogP contribution is 2.33. The van der Waals surface area contributed by atoms with E-state index >= 15 is 0 Å². The lowest BCUT2D eigenvalue weighted by Gasteiger charge is -2.22. The van der Waals surface area contributed by atoms with Crippen molar-refractivity contribution in [1.29, 1.82) is 0 Å². The zero-order chi connectivity index (χ0) is 14.1. The average molecular weight is 273 g/mol. The van der Waals surface area contributed by atoms with E-state index in [4.69, 9.17) is 0 Å². The molecule has 0 aromatic carbocycles. The summed E-state index contributed by atoms with van der Waals surface area (Å²) in [6, 6.07) is 3.99. The van der Waals surface area contributed by atoms with Crippen LogP contribution in [0.15, 0.2) is 24.5 Å². The van der Waals surface area contributed by atoms with Gasteiger partial charge in [0.05, 0.1) is 5.92 Å². The van der Waals surface area contributed by atoms with Crippen molar-refractivity contribution in [1.82, 2.24) is 14.8 Å². The standard InChI is InChI=1S/C16H23N3O/c1-12(2)7-18-9-14-10-19(16(20)15(14)11-18)8-13-3-5-17-6-4-13/h3-6,12,14-15H,7-11H2,1-2H3/t14-,15+/m0/s1. The molecule has 0 spiro atoms. The van der Waals surface area contributed by atoms with Gasteiger partial charge in [0.2, 0.25) is 5.91 Å². The maximum atomic E-state index is 12.5. The monoisotopic (exact) mass is 273 g/mol. The molecule has 1 aromatic heterocycles. The fourth-order valence-electron chi connectivity index (χ4n) is 3.55. The lowest BCUT2D eigenvalue weighted by Crippen LogP contribution is -2.33. The van der Waals surface area contributed by atoms with Crippen molar-refractivity contribution in [3.8, 4) is 0 Å². The van der Waals surface area contributed by atoms with Crippen LogP contribution in [-0.4, -0.2) is 46.9 Å². The molecule has 0 unspecified atom stereocenters. The van der Waals surface area contributed by atoms with Crippen molar-refractivity contribution in [2.45, 2.75) is 20.4 Å². The normalized spacial score (nSPS) is 26.6. The van der Waals surface area contributed by atoms with E-state index < -0.39 is 0 Å². The van der Waals surface area contributed by atoms with E-state index in [1.54, 1.807) is 12.4 Å². The molecule has 3 heterocycles. The lowest BCUT2D eigenvalue weighted by atomic mass is 10.0. The molecule has 1 aromatic rings. The summed E-state index contributed by atoms with van der Waals surface area (Å²) in [6.45, 7) is 9.29. The Labute approximate surface area is 120 Å². The Balaban J connectivity index is 1.60. The van der Waals surface area contributed by atoms with E-state index in [-0.39, 0.29) is 5.92 Å². The Morgan fingerprint density at radius 1 is 1.25 bits per heavy atom. The second kappa shape index (κ2) is 5.52. The second-order valence-electron chi connectivity index (χ2n) is 6.55. The molecule has 2 fully saturated rings. The number of hydrogen-bond donors (Lipinski definition) is 0. The maximum Gasteiger partial charge on any atom is 0.227 e. The minimum absolute atomic E-state index is 0.232. The summed E-state index contributed by atoms with van der Waals surface area (Å²) in [5, 5.41) is 0. The zero-order valence-electron chi connectivity index (χ0n) is 12.3. The van der Waals surface area contributed by atoms with Gasteiger partial charge in [-0.3, -0.25) is 9.78 Å². The van der Waals surface area contributed by atoms with Gasteiger partial charge in [-0.1, -0.05) is 13.8 Å². The Hall–Kier alpha value is -1.42. The van der Waals surface area contributed by atoms with Gasteiger partial charge in [0.15, 0.2) is 0 Å². The minimum atomic E-state index is 0.232. The highest BCUT2D eigenvalue weighted by Gasteiger charge is 2.45. The lowest BCUT2D eigenvalue weighted by molar-refractivity contribution is -0.131. The molecule has 2 aliphatic rings. The van der Waals surface area contributed by atoms with Crippen molar-refractivity contribution in [3.05, 3.63) is 30.1 Å². The van der Waals surface area contributed by atoms with Crippen molar-refractivity contribution < 1.29 is 4.79 Å². The fourth-order valence-corrected chi connectivity index (χ4v) is 3.55. The third-order valence-electron chi connectivity index (χ3n) is 4.35. The van der Waals surface area contributed by atoms with Gasteiger partial charge in [-0.05, 0) is 23.6 Å². The van der Waals surface area contributed by atoms with Crippen LogP contribution in [0.25, 0.3) is 0 Å². The molecule has 2 atom stereocenters. The third kappa shape index (κ3) is 2.70. The van der Waals surface area contributed by atoms with Crippen LogP contribution in [0, 0.1) is 17.8 Å². The van der Waals surface area contributed by atoms with E-state index in [1.165, 1.54) is 5.56 Å². The third-order valence-corrected chi connectivity index (χ3v) is 4.35. The van der Waals surface area contributed by atoms with Gasteiger partial charge in [0, 0.05) is 51.0 Å². The van der Waals surface area contributed by atoms with Gasteiger partial charge in [0.25, 0.3) is 0 Å². The summed E-state index contributed by atoms with van der Waals surface area (Å²) in [7, 11) is 0. The number of rotatable bonds is 4. The van der Waals surface area contributed by atoms with Crippen molar-refractivity contribution in [3.63, 3.8) is 0 Å². The van der Waals surface area contributed by atoms with Crippen LogP contribution in [0.4, 0.5) is 0 Å². The van der Waals surface area contributed by atoms with Crippen molar-refractivity contribution in [2.24, 2.45) is 17.8 Å². The Bertz CT molecular complexity index is 474. The molecule has 2 aliphatic heterocycles. The first kappa shape index (κ1) is 13.6. The van der Waals surface area contributed by atoms with Crippen LogP contribution in [0.1, 0.15) is 19.4 Å². The van der Waals surface area contributed by atoms with Crippen molar-refractivity contribution in [2.75, 3.05) is 26.2 Å². The predicted molar refractivity (Wildman–Crippen MR) is 77.9 cm³/mol. The quantitative estimate of drug-likeness (QED) is 0.836. The number of hydrogen-bond acceptors (Lipinski definition) is 3. The summed E-state index contributed by atoms with van der Waals surface area (Å²) in [5.41, 5.74) is 1.17. The highest BCUT2D eigenvalue weighted by atomic mass is 16.2. The van der Waals surface area contributed by atoms with Gasteiger partial charge in [-0.25, -0.2) is 0 Å². The molecule has 0 saturated carbocycles. The molecule has 1 amide bonds. The molecule has 0 N–H and O–H groups in total. The van der Waals surface area contributed by atoms with Gasteiger partial charge in [0.1, 0.15) is 0 Å². The smallest absolute Gasteiger partial charge is 0.227 e. The van der Waals surface area contributed by atoms with Crippen LogP contribution in [0.3, 0.4) is 0 Å². The second-order valence-corrected chi connectivity index (χ2v) is 6.55. The van der Waals surface area contributed by atoms with Gasteiger partial charge < -0.3 is 9.80 Å². The van der Waals surface area contributed by atoms with Crippen LogP contribution in [0.5, 0.6) is 0 Å². The summed E-state index contributed by atoms with van der Waals surface area (Å²) in [6.07, 6.45) is 3.59. The molecule has 0 aliphatic carbocycles. The SMILES string of the molecule is CC(C)CN1C[C@H]2CN(Cc3ccncc3)C(=O)[C@@H]2C1. The number of carbonyl (C=O) groups excluding carboxylic acids is 1. The number of amides is 1. The molecule has 108 valence electrons. The summed E-state index contributed by atoms with van der Waals surface area (Å²) in [4.78, 5) is 21.0. The van der Waals surface area contributed by atoms with E-state index in [0.29, 0.717) is 17.7 Å². The fraction of sp³-hybridized carbons (Fsp3) is 0.625. The molecule has 3 rings (SSSR count). The molecule has 4 nitrogen and oxygen atoms in total. The predicted octanol–water partition coefficient (Wildman–Crippen LogP) is 1.63. The number of aromatic nitrogens is 1. The van der Waals surface area contributed by atoms with Crippen LogP contribution in [-0.2, 0) is 11.3 Å². The Morgan fingerprint density at radius 3 is 2.65 bits per heavy atom. The van der Waals surface area contributed by atoms with Gasteiger partial charge >= 0.3 is 0 Å². The highest BCUT2D eigenvalue weighted by molar-refractivity contribution is 5.82. The summed E-state index contributed by atoms with van der Waals surface area (Å²) < 4.78 is 0. The largest absolute Gasteiger partial charge is 0.338 e. The maximum absolute atomic E-state index is 12.5. The molecular formula is C16H23N3O. The average Bonchev–Trinajstić information content (AvgIpc) is 2.91. The van der Waals surface area contributed by atoms with Crippen molar-refractivity contribution >= 4 is 5.91 Å². The summed E-state index contributed by atoms with van der Waals surface area (Å²) in [5.74, 6) is 1.79. The number of carbonyl (C=O) groups is 1. The van der Waals surface area contributed by atoms with Crippen LogP contribution < -0.4 is 0 Å². The first-order valence-corrected chi connectivity index (χ1v) is 7.53.